The fraction of sp³-hybridized carbons (Fsp3) is 0. The van der Waals surface area contributed by atoms with E-state index in [1.807, 2.05) is 60.7 Å². The van der Waals surface area contributed by atoms with Crippen LogP contribution in [0, 0.1) is 0 Å². The number of hydrogen-bond donors (Lipinski definition) is 0. The van der Waals surface area contributed by atoms with Crippen molar-refractivity contribution in [2.75, 3.05) is 0 Å². The van der Waals surface area contributed by atoms with E-state index >= 15 is 0 Å². The summed E-state index contributed by atoms with van der Waals surface area (Å²) in [7, 11) is 0. The summed E-state index contributed by atoms with van der Waals surface area (Å²) in [5.74, 6) is 1.92. The highest BCUT2D eigenvalue weighted by Crippen LogP contribution is 2.41. The minimum atomic E-state index is 0.633. The van der Waals surface area contributed by atoms with Gasteiger partial charge < -0.3 is 9.13 Å². The molecule has 3 heterocycles. The zero-order valence-corrected chi connectivity index (χ0v) is 33.6. The highest BCUT2D eigenvalue weighted by atomic mass is 15.0. The van der Waals surface area contributed by atoms with E-state index in [9.17, 15) is 0 Å². The number of nitrogens with zero attached hydrogens (tertiary/aromatic N) is 5. The van der Waals surface area contributed by atoms with Crippen LogP contribution < -0.4 is 0 Å². The van der Waals surface area contributed by atoms with Gasteiger partial charge in [-0.15, -0.1) is 0 Å². The van der Waals surface area contributed by atoms with Crippen molar-refractivity contribution in [3.63, 3.8) is 0 Å². The van der Waals surface area contributed by atoms with Gasteiger partial charge in [0.25, 0.3) is 0 Å². The highest BCUT2D eigenvalue weighted by molar-refractivity contribution is 6.16. The molecule has 0 unspecified atom stereocenters. The molecule has 0 aliphatic rings. The molecule has 62 heavy (non-hydrogen) atoms. The molecule has 0 aliphatic carbocycles. The van der Waals surface area contributed by atoms with E-state index in [0.29, 0.717) is 17.5 Å². The Hall–Kier alpha value is -8.41. The minimum Gasteiger partial charge on any atom is -0.309 e. The van der Waals surface area contributed by atoms with Crippen molar-refractivity contribution in [1.29, 1.82) is 0 Å². The molecule has 12 aromatic rings. The molecule has 12 rings (SSSR count). The molecule has 0 saturated heterocycles. The van der Waals surface area contributed by atoms with Gasteiger partial charge in [-0.1, -0.05) is 164 Å². The van der Waals surface area contributed by atoms with Gasteiger partial charge in [0.1, 0.15) is 0 Å². The van der Waals surface area contributed by atoms with Gasteiger partial charge in [0, 0.05) is 49.6 Å². The molecule has 0 N–H and O–H groups in total. The SMILES string of the molecule is c1ccc(-c2nc(-c3ccccc3)nc(-c3cccc(-c4cccc5c4c4ccccc4n5-c4cccc(-c5ccc6c(c5)c5ccccc5n6-c5ccccc5)c4)c3)n2)cc1. The summed E-state index contributed by atoms with van der Waals surface area (Å²) in [6.45, 7) is 0. The third kappa shape index (κ3) is 5.98. The van der Waals surface area contributed by atoms with Gasteiger partial charge in [0.15, 0.2) is 17.5 Å². The largest absolute Gasteiger partial charge is 0.309 e. The fourth-order valence-electron chi connectivity index (χ4n) is 9.13. The predicted octanol–water partition coefficient (Wildman–Crippen LogP) is 14.4. The smallest absolute Gasteiger partial charge is 0.164 e. The van der Waals surface area contributed by atoms with Crippen molar-refractivity contribution in [2.45, 2.75) is 0 Å². The van der Waals surface area contributed by atoms with Crippen LogP contribution in [0.3, 0.4) is 0 Å². The summed E-state index contributed by atoms with van der Waals surface area (Å²) < 4.78 is 4.77. The number of hydrogen-bond acceptors (Lipinski definition) is 3. The molecule has 0 radical (unpaired) electrons. The number of benzene rings is 9. The second kappa shape index (κ2) is 14.7. The van der Waals surface area contributed by atoms with Gasteiger partial charge in [-0.3, -0.25) is 0 Å². The van der Waals surface area contributed by atoms with Gasteiger partial charge in [-0.25, -0.2) is 15.0 Å². The molecule has 0 saturated carbocycles. The van der Waals surface area contributed by atoms with Gasteiger partial charge >= 0.3 is 0 Å². The van der Waals surface area contributed by atoms with Gasteiger partial charge in [0.2, 0.25) is 0 Å². The summed E-state index contributed by atoms with van der Waals surface area (Å²) in [5, 5.41) is 4.88. The van der Waals surface area contributed by atoms with E-state index in [1.165, 1.54) is 38.1 Å². The average Bonchev–Trinajstić information content (AvgIpc) is 3.87. The van der Waals surface area contributed by atoms with Crippen LogP contribution in [-0.4, -0.2) is 24.1 Å². The molecule has 0 atom stereocenters. The van der Waals surface area contributed by atoms with Crippen LogP contribution in [0.4, 0.5) is 0 Å². The quantitative estimate of drug-likeness (QED) is 0.162. The van der Waals surface area contributed by atoms with Crippen LogP contribution in [0.1, 0.15) is 0 Å². The third-order valence-corrected chi connectivity index (χ3v) is 12.0. The Morgan fingerprint density at radius 1 is 0.258 bits per heavy atom. The summed E-state index contributed by atoms with van der Waals surface area (Å²) >= 11 is 0. The van der Waals surface area contributed by atoms with E-state index in [1.54, 1.807) is 0 Å². The van der Waals surface area contributed by atoms with Crippen molar-refractivity contribution in [1.82, 2.24) is 24.1 Å². The van der Waals surface area contributed by atoms with Crippen LogP contribution in [0.5, 0.6) is 0 Å². The van der Waals surface area contributed by atoms with Crippen molar-refractivity contribution in [2.24, 2.45) is 0 Å². The van der Waals surface area contributed by atoms with E-state index in [4.69, 9.17) is 15.0 Å². The molecule has 0 aliphatic heterocycles. The summed E-state index contributed by atoms with van der Waals surface area (Å²) in [5.41, 5.74) is 14.4. The van der Waals surface area contributed by atoms with Gasteiger partial charge in [-0.05, 0) is 82.9 Å². The fourth-order valence-corrected chi connectivity index (χ4v) is 9.13. The molecule has 5 nitrogen and oxygen atoms in total. The topological polar surface area (TPSA) is 48.5 Å². The Bertz CT molecular complexity index is 3570. The number of para-hydroxylation sites is 3. The summed E-state index contributed by atoms with van der Waals surface area (Å²) in [6.07, 6.45) is 0. The van der Waals surface area contributed by atoms with Crippen LogP contribution in [0.15, 0.2) is 224 Å². The molecule has 290 valence electrons. The maximum atomic E-state index is 5.04. The lowest BCUT2D eigenvalue weighted by Crippen LogP contribution is -2.00. The Morgan fingerprint density at radius 2 is 0.726 bits per heavy atom. The molecule has 0 amide bonds. The molecule has 3 aromatic heterocycles. The lowest BCUT2D eigenvalue weighted by molar-refractivity contribution is 1.07. The number of fused-ring (bicyclic) bond motifs is 6. The molecule has 9 aromatic carbocycles. The summed E-state index contributed by atoms with van der Waals surface area (Å²) in [4.78, 5) is 15.0. The Labute approximate surface area is 358 Å². The maximum absolute atomic E-state index is 5.04. The van der Waals surface area contributed by atoms with Crippen molar-refractivity contribution in [3.05, 3.63) is 224 Å². The predicted molar refractivity (Wildman–Crippen MR) is 256 cm³/mol. The Balaban J connectivity index is 0.983. The van der Waals surface area contributed by atoms with Crippen LogP contribution in [0.25, 0.3) is 111 Å². The van der Waals surface area contributed by atoms with Crippen molar-refractivity contribution >= 4 is 43.6 Å². The van der Waals surface area contributed by atoms with Crippen LogP contribution in [0.2, 0.25) is 0 Å². The first-order chi connectivity index (χ1) is 30.7. The minimum absolute atomic E-state index is 0.633. The monoisotopic (exact) mass is 791 g/mol. The lowest BCUT2D eigenvalue weighted by atomic mass is 9.97. The summed E-state index contributed by atoms with van der Waals surface area (Å²) in [6, 6.07) is 79.4. The Kier molecular flexibility index (Phi) is 8.42. The molecule has 0 bridgehead atoms. The lowest BCUT2D eigenvalue weighted by Gasteiger charge is -2.12. The molecule has 0 fully saturated rings. The van der Waals surface area contributed by atoms with Crippen LogP contribution in [-0.2, 0) is 0 Å². The van der Waals surface area contributed by atoms with E-state index in [0.717, 1.165) is 55.8 Å². The standard InChI is InChI=1S/C57H37N5/c1-4-17-38(18-5-1)55-58-56(39-19-6-2-7-20-39)60-57(59-55)43-23-14-22-42(35-43)46-29-16-32-53-54(46)48-28-11-13-31-51(48)62(53)45-26-15-21-40(36-45)41-33-34-52-49(37-41)47-27-10-12-30-50(47)61(52)44-24-8-3-9-25-44/h1-37H. The normalized spacial score (nSPS) is 11.5. The second-order valence-corrected chi connectivity index (χ2v) is 15.6. The van der Waals surface area contributed by atoms with Gasteiger partial charge in [0.05, 0.1) is 22.1 Å². The average molecular weight is 792 g/mol. The Morgan fingerprint density at radius 3 is 1.45 bits per heavy atom. The third-order valence-electron chi connectivity index (χ3n) is 12.0. The first-order valence-electron chi connectivity index (χ1n) is 20.9. The van der Waals surface area contributed by atoms with Gasteiger partial charge in [-0.2, -0.15) is 0 Å². The van der Waals surface area contributed by atoms with Crippen LogP contribution >= 0.6 is 0 Å². The molecular weight excluding hydrogens is 755 g/mol. The van der Waals surface area contributed by atoms with E-state index in [-0.39, 0.29) is 0 Å². The first kappa shape index (κ1) is 35.5. The number of aromatic nitrogens is 5. The van der Waals surface area contributed by atoms with Crippen molar-refractivity contribution in [3.8, 4) is 67.8 Å². The molecule has 0 spiro atoms. The highest BCUT2D eigenvalue weighted by Gasteiger charge is 2.19. The van der Waals surface area contributed by atoms with E-state index < -0.39 is 0 Å². The van der Waals surface area contributed by atoms with E-state index in [2.05, 4.69) is 173 Å². The maximum Gasteiger partial charge on any atom is 0.164 e. The molecule has 5 heteroatoms. The van der Waals surface area contributed by atoms with Crippen molar-refractivity contribution < 1.29 is 0 Å². The number of rotatable bonds is 7. The second-order valence-electron chi connectivity index (χ2n) is 15.6. The molecular formula is C57H37N5. The zero-order valence-electron chi connectivity index (χ0n) is 33.6. The first-order valence-corrected chi connectivity index (χ1v) is 20.9. The zero-order chi connectivity index (χ0) is 41.0.